The lowest BCUT2D eigenvalue weighted by Crippen LogP contribution is -2.02. The topological polar surface area (TPSA) is 54.4 Å². The van der Waals surface area contributed by atoms with Gasteiger partial charge in [0.1, 0.15) is 0 Å². The Kier molecular flexibility index (Phi) is 3.04. The SMILES string of the molecule is O=C(O)CCc1ccc(C(=O)C2CC2)cc1. The zero-order valence-corrected chi connectivity index (χ0v) is 8.98. The van der Waals surface area contributed by atoms with Crippen LogP contribution in [0.15, 0.2) is 24.3 Å². The molecule has 16 heavy (non-hydrogen) atoms. The molecule has 0 unspecified atom stereocenters. The number of rotatable bonds is 5. The zero-order valence-electron chi connectivity index (χ0n) is 8.98. The summed E-state index contributed by atoms with van der Waals surface area (Å²) in [4.78, 5) is 22.1. The van der Waals surface area contributed by atoms with Gasteiger partial charge in [0, 0.05) is 17.9 Å². The molecule has 1 N–H and O–H groups in total. The quantitative estimate of drug-likeness (QED) is 0.771. The molecule has 1 aromatic carbocycles. The van der Waals surface area contributed by atoms with Gasteiger partial charge in [-0.15, -0.1) is 0 Å². The number of carboxylic acid groups (broad SMARTS) is 1. The van der Waals surface area contributed by atoms with Crippen molar-refractivity contribution in [2.75, 3.05) is 0 Å². The minimum Gasteiger partial charge on any atom is -0.481 e. The molecule has 0 saturated heterocycles. The van der Waals surface area contributed by atoms with Crippen molar-refractivity contribution in [3.8, 4) is 0 Å². The van der Waals surface area contributed by atoms with Crippen molar-refractivity contribution in [3.63, 3.8) is 0 Å². The summed E-state index contributed by atoms with van der Waals surface area (Å²) in [7, 11) is 0. The second kappa shape index (κ2) is 4.47. The minimum absolute atomic E-state index is 0.135. The van der Waals surface area contributed by atoms with Gasteiger partial charge in [-0.25, -0.2) is 0 Å². The highest BCUT2D eigenvalue weighted by Crippen LogP contribution is 2.32. The highest BCUT2D eigenvalue weighted by Gasteiger charge is 2.30. The number of aliphatic carboxylic acids is 1. The molecule has 0 bridgehead atoms. The van der Waals surface area contributed by atoms with E-state index < -0.39 is 5.97 Å². The molecule has 84 valence electrons. The Bertz CT molecular complexity index is 402. The standard InChI is InChI=1S/C13H14O3/c14-12(15)8-3-9-1-4-10(5-2-9)13(16)11-6-7-11/h1-2,4-5,11H,3,6-8H2,(H,14,15). The van der Waals surface area contributed by atoms with Gasteiger partial charge in [-0.2, -0.15) is 0 Å². The van der Waals surface area contributed by atoms with E-state index in [0.29, 0.717) is 6.42 Å². The van der Waals surface area contributed by atoms with E-state index in [2.05, 4.69) is 0 Å². The Hall–Kier alpha value is -1.64. The molecular weight excluding hydrogens is 204 g/mol. The van der Waals surface area contributed by atoms with Gasteiger partial charge in [0.15, 0.2) is 5.78 Å². The maximum Gasteiger partial charge on any atom is 0.303 e. The highest BCUT2D eigenvalue weighted by molar-refractivity contribution is 5.99. The normalized spacial score (nSPS) is 14.8. The summed E-state index contributed by atoms with van der Waals surface area (Å²) in [6, 6.07) is 7.30. The fourth-order valence-electron chi connectivity index (χ4n) is 1.67. The average Bonchev–Trinajstić information content (AvgIpc) is 3.10. The lowest BCUT2D eigenvalue weighted by atomic mass is 10.0. The number of hydrogen-bond donors (Lipinski definition) is 1. The molecule has 1 saturated carbocycles. The van der Waals surface area contributed by atoms with Gasteiger partial charge in [-0.05, 0) is 24.8 Å². The molecule has 1 aliphatic rings. The van der Waals surface area contributed by atoms with Crippen LogP contribution in [0, 0.1) is 5.92 Å². The van der Waals surface area contributed by atoms with Crippen LogP contribution in [0.25, 0.3) is 0 Å². The number of Topliss-reactive ketones (excluding diaryl/α,β-unsaturated/α-hetero) is 1. The average molecular weight is 218 g/mol. The van der Waals surface area contributed by atoms with Gasteiger partial charge < -0.3 is 5.11 Å². The lowest BCUT2D eigenvalue weighted by molar-refractivity contribution is -0.136. The first-order valence-electron chi connectivity index (χ1n) is 5.52. The van der Waals surface area contributed by atoms with Crippen molar-refractivity contribution in [2.24, 2.45) is 5.92 Å². The first kappa shape index (κ1) is 10.9. The Labute approximate surface area is 94.1 Å². The molecule has 0 radical (unpaired) electrons. The van der Waals surface area contributed by atoms with E-state index in [0.717, 1.165) is 24.0 Å². The van der Waals surface area contributed by atoms with E-state index in [4.69, 9.17) is 5.11 Å². The summed E-state index contributed by atoms with van der Waals surface area (Å²) < 4.78 is 0. The van der Waals surface area contributed by atoms with E-state index in [-0.39, 0.29) is 18.1 Å². The highest BCUT2D eigenvalue weighted by atomic mass is 16.4. The molecule has 3 nitrogen and oxygen atoms in total. The van der Waals surface area contributed by atoms with Gasteiger partial charge in [-0.3, -0.25) is 9.59 Å². The molecule has 1 aliphatic carbocycles. The number of carboxylic acids is 1. The van der Waals surface area contributed by atoms with Crippen LogP contribution >= 0.6 is 0 Å². The van der Waals surface area contributed by atoms with E-state index in [9.17, 15) is 9.59 Å². The van der Waals surface area contributed by atoms with Crippen LogP contribution < -0.4 is 0 Å². The van der Waals surface area contributed by atoms with E-state index >= 15 is 0 Å². The molecule has 1 aromatic rings. The van der Waals surface area contributed by atoms with Crippen molar-refractivity contribution in [3.05, 3.63) is 35.4 Å². The minimum atomic E-state index is -0.793. The van der Waals surface area contributed by atoms with Crippen LogP contribution in [0.3, 0.4) is 0 Å². The Morgan fingerprint density at radius 2 is 1.81 bits per heavy atom. The number of hydrogen-bond acceptors (Lipinski definition) is 2. The summed E-state index contributed by atoms with van der Waals surface area (Å²) in [5, 5.41) is 8.54. The second-order valence-corrected chi connectivity index (χ2v) is 4.23. The van der Waals surface area contributed by atoms with Crippen LogP contribution in [0.5, 0.6) is 0 Å². The fraction of sp³-hybridized carbons (Fsp3) is 0.385. The van der Waals surface area contributed by atoms with Gasteiger partial charge in [0.05, 0.1) is 0 Å². The van der Waals surface area contributed by atoms with Crippen LogP contribution in [-0.4, -0.2) is 16.9 Å². The molecule has 0 aromatic heterocycles. The molecule has 2 rings (SSSR count). The summed E-state index contributed by atoms with van der Waals surface area (Å²) in [5.74, 6) is -0.326. The molecule has 0 atom stereocenters. The maximum atomic E-state index is 11.7. The number of carbonyl (C=O) groups excluding carboxylic acids is 1. The Morgan fingerprint density at radius 3 is 2.31 bits per heavy atom. The number of ketones is 1. The van der Waals surface area contributed by atoms with Crippen molar-refractivity contribution in [2.45, 2.75) is 25.7 Å². The maximum absolute atomic E-state index is 11.7. The summed E-state index contributed by atoms with van der Waals surface area (Å²) in [5.41, 5.74) is 1.72. The summed E-state index contributed by atoms with van der Waals surface area (Å²) in [6.07, 6.45) is 2.68. The molecule has 0 aliphatic heterocycles. The van der Waals surface area contributed by atoms with Gasteiger partial charge in [-0.1, -0.05) is 24.3 Å². The Balaban J connectivity index is 1.98. The third kappa shape index (κ3) is 2.69. The van der Waals surface area contributed by atoms with Crippen molar-refractivity contribution < 1.29 is 14.7 Å². The van der Waals surface area contributed by atoms with Crippen LogP contribution in [0.2, 0.25) is 0 Å². The van der Waals surface area contributed by atoms with E-state index in [1.807, 2.05) is 12.1 Å². The zero-order chi connectivity index (χ0) is 11.5. The largest absolute Gasteiger partial charge is 0.481 e. The summed E-state index contributed by atoms with van der Waals surface area (Å²) in [6.45, 7) is 0. The van der Waals surface area contributed by atoms with Crippen molar-refractivity contribution in [1.29, 1.82) is 0 Å². The third-order valence-electron chi connectivity index (χ3n) is 2.81. The monoisotopic (exact) mass is 218 g/mol. The molecule has 0 heterocycles. The van der Waals surface area contributed by atoms with Crippen LogP contribution in [0.1, 0.15) is 35.2 Å². The first-order valence-corrected chi connectivity index (χ1v) is 5.52. The number of carbonyl (C=O) groups is 2. The fourth-order valence-corrected chi connectivity index (χ4v) is 1.67. The third-order valence-corrected chi connectivity index (χ3v) is 2.81. The number of aryl methyl sites for hydroxylation is 1. The second-order valence-electron chi connectivity index (χ2n) is 4.23. The lowest BCUT2D eigenvalue weighted by Gasteiger charge is -2.01. The first-order chi connectivity index (χ1) is 7.66. The smallest absolute Gasteiger partial charge is 0.303 e. The van der Waals surface area contributed by atoms with Gasteiger partial charge >= 0.3 is 5.97 Å². The van der Waals surface area contributed by atoms with E-state index in [1.165, 1.54) is 0 Å². The molecule has 3 heteroatoms. The predicted molar refractivity (Wildman–Crippen MR) is 59.5 cm³/mol. The Morgan fingerprint density at radius 1 is 1.19 bits per heavy atom. The van der Waals surface area contributed by atoms with Gasteiger partial charge in [0.2, 0.25) is 0 Å². The molecule has 0 spiro atoms. The van der Waals surface area contributed by atoms with Crippen LogP contribution in [-0.2, 0) is 11.2 Å². The van der Waals surface area contributed by atoms with Crippen LogP contribution in [0.4, 0.5) is 0 Å². The number of benzene rings is 1. The van der Waals surface area contributed by atoms with Crippen molar-refractivity contribution >= 4 is 11.8 Å². The molecule has 1 fully saturated rings. The van der Waals surface area contributed by atoms with E-state index in [1.54, 1.807) is 12.1 Å². The molecule has 0 amide bonds. The van der Waals surface area contributed by atoms with Crippen molar-refractivity contribution in [1.82, 2.24) is 0 Å². The molecular formula is C13H14O3. The van der Waals surface area contributed by atoms with Gasteiger partial charge in [0.25, 0.3) is 0 Å². The predicted octanol–water partition coefficient (Wildman–Crippen LogP) is 2.30. The summed E-state index contributed by atoms with van der Waals surface area (Å²) >= 11 is 0.